The van der Waals surface area contributed by atoms with Crippen LogP contribution in [0.15, 0.2) is 18.2 Å². The Bertz CT molecular complexity index is 339. The summed E-state index contributed by atoms with van der Waals surface area (Å²) in [4.78, 5) is 1.97. The van der Waals surface area contributed by atoms with Crippen molar-refractivity contribution in [1.82, 2.24) is 4.90 Å². The van der Waals surface area contributed by atoms with Gasteiger partial charge in [-0.15, -0.1) is 0 Å². The van der Waals surface area contributed by atoms with E-state index in [1.807, 2.05) is 4.90 Å². The standard InChI is InChI=1S/C10H11ClFNO/c11-9-3-1-2-7(10(9)12)4-13-5-8(14)6-13/h1-3,8,14H,4-6H2. The fourth-order valence-corrected chi connectivity index (χ4v) is 1.78. The number of rotatable bonds is 2. The molecule has 14 heavy (non-hydrogen) atoms. The van der Waals surface area contributed by atoms with Gasteiger partial charge in [-0.25, -0.2) is 4.39 Å². The summed E-state index contributed by atoms with van der Waals surface area (Å²) in [5.74, 6) is -0.351. The smallest absolute Gasteiger partial charge is 0.146 e. The van der Waals surface area contributed by atoms with Gasteiger partial charge in [-0.2, -0.15) is 0 Å². The Balaban J connectivity index is 2.06. The van der Waals surface area contributed by atoms with E-state index in [2.05, 4.69) is 0 Å². The van der Waals surface area contributed by atoms with Crippen molar-refractivity contribution in [2.75, 3.05) is 13.1 Å². The van der Waals surface area contributed by atoms with E-state index in [1.54, 1.807) is 12.1 Å². The quantitative estimate of drug-likeness (QED) is 0.811. The molecule has 0 bridgehead atoms. The number of halogens is 2. The molecule has 0 saturated carbocycles. The first-order valence-corrected chi connectivity index (χ1v) is 4.88. The van der Waals surface area contributed by atoms with Crippen molar-refractivity contribution in [2.45, 2.75) is 12.6 Å². The predicted octanol–water partition coefficient (Wildman–Crippen LogP) is 1.66. The van der Waals surface area contributed by atoms with Gasteiger partial charge in [0.2, 0.25) is 0 Å². The van der Waals surface area contributed by atoms with Crippen molar-refractivity contribution in [3.8, 4) is 0 Å². The van der Waals surface area contributed by atoms with E-state index in [1.165, 1.54) is 6.07 Å². The minimum Gasteiger partial charge on any atom is -0.390 e. The minimum atomic E-state index is -0.351. The van der Waals surface area contributed by atoms with Crippen LogP contribution in [0.4, 0.5) is 4.39 Å². The molecule has 0 amide bonds. The van der Waals surface area contributed by atoms with Crippen LogP contribution in [0.5, 0.6) is 0 Å². The van der Waals surface area contributed by atoms with Gasteiger partial charge in [0.05, 0.1) is 11.1 Å². The highest BCUT2D eigenvalue weighted by Crippen LogP contribution is 2.21. The van der Waals surface area contributed by atoms with Crippen LogP contribution >= 0.6 is 11.6 Å². The summed E-state index contributed by atoms with van der Waals surface area (Å²) < 4.78 is 13.4. The molecule has 0 spiro atoms. The van der Waals surface area contributed by atoms with E-state index < -0.39 is 0 Å². The molecule has 1 heterocycles. The first-order valence-electron chi connectivity index (χ1n) is 4.50. The molecule has 1 saturated heterocycles. The second-order valence-corrected chi connectivity index (χ2v) is 3.97. The van der Waals surface area contributed by atoms with Crippen LogP contribution in [-0.4, -0.2) is 29.2 Å². The highest BCUT2D eigenvalue weighted by molar-refractivity contribution is 6.30. The Kier molecular flexibility index (Phi) is 2.72. The number of benzene rings is 1. The molecule has 0 atom stereocenters. The number of hydrogen-bond donors (Lipinski definition) is 1. The summed E-state index contributed by atoms with van der Waals surface area (Å²) in [6.45, 7) is 1.75. The Morgan fingerprint density at radius 1 is 1.50 bits per heavy atom. The van der Waals surface area contributed by atoms with E-state index in [0.29, 0.717) is 25.2 Å². The Morgan fingerprint density at radius 3 is 2.86 bits per heavy atom. The van der Waals surface area contributed by atoms with Crippen molar-refractivity contribution in [3.63, 3.8) is 0 Å². The van der Waals surface area contributed by atoms with Gasteiger partial charge in [0, 0.05) is 25.2 Å². The molecule has 0 radical (unpaired) electrons. The summed E-state index contributed by atoms with van der Waals surface area (Å²) >= 11 is 5.64. The summed E-state index contributed by atoms with van der Waals surface area (Å²) in [6, 6.07) is 4.98. The van der Waals surface area contributed by atoms with Gasteiger partial charge in [0.1, 0.15) is 5.82 Å². The van der Waals surface area contributed by atoms with Gasteiger partial charge in [-0.1, -0.05) is 23.7 Å². The minimum absolute atomic E-state index is 0.156. The highest BCUT2D eigenvalue weighted by Gasteiger charge is 2.24. The number of aliphatic hydroxyl groups excluding tert-OH is 1. The molecule has 1 aromatic carbocycles. The zero-order valence-electron chi connectivity index (χ0n) is 7.58. The SMILES string of the molecule is OC1CN(Cc2cccc(Cl)c2F)C1. The van der Waals surface area contributed by atoms with E-state index in [-0.39, 0.29) is 16.9 Å². The van der Waals surface area contributed by atoms with Gasteiger partial charge in [-0.05, 0) is 6.07 Å². The summed E-state index contributed by atoms with van der Waals surface area (Å²) in [6.07, 6.45) is -0.253. The van der Waals surface area contributed by atoms with Gasteiger partial charge >= 0.3 is 0 Å². The Morgan fingerprint density at radius 2 is 2.21 bits per heavy atom. The number of aliphatic hydroxyl groups is 1. The Hall–Kier alpha value is -0.640. The molecule has 1 N–H and O–H groups in total. The lowest BCUT2D eigenvalue weighted by Gasteiger charge is -2.35. The van der Waals surface area contributed by atoms with Gasteiger partial charge < -0.3 is 5.11 Å². The summed E-state index contributed by atoms with van der Waals surface area (Å²) in [7, 11) is 0. The number of likely N-dealkylation sites (tertiary alicyclic amines) is 1. The van der Waals surface area contributed by atoms with Crippen LogP contribution in [0.1, 0.15) is 5.56 Å². The van der Waals surface area contributed by atoms with E-state index in [9.17, 15) is 4.39 Å². The largest absolute Gasteiger partial charge is 0.390 e. The third kappa shape index (κ3) is 1.90. The molecule has 1 aliphatic heterocycles. The molecule has 76 valence electrons. The van der Waals surface area contributed by atoms with Gasteiger partial charge in [0.15, 0.2) is 0 Å². The van der Waals surface area contributed by atoms with Gasteiger partial charge in [-0.3, -0.25) is 4.90 Å². The average molecular weight is 216 g/mol. The van der Waals surface area contributed by atoms with Crippen LogP contribution in [0.2, 0.25) is 5.02 Å². The number of β-amino-alcohol motifs (C(OH)–C–C–N with tert-alkyl or cyclic N) is 1. The molecule has 1 aliphatic rings. The summed E-state index contributed by atoms with van der Waals surface area (Å²) in [5, 5.41) is 9.21. The third-order valence-corrected chi connectivity index (χ3v) is 2.66. The lowest BCUT2D eigenvalue weighted by atomic mass is 10.1. The first kappa shape index (κ1) is 9.90. The van der Waals surface area contributed by atoms with Crippen molar-refractivity contribution < 1.29 is 9.50 Å². The number of nitrogens with zero attached hydrogens (tertiary/aromatic N) is 1. The van der Waals surface area contributed by atoms with Crippen LogP contribution in [-0.2, 0) is 6.54 Å². The summed E-state index contributed by atoms with van der Waals surface area (Å²) in [5.41, 5.74) is 0.587. The monoisotopic (exact) mass is 215 g/mol. The van der Waals surface area contributed by atoms with Crippen LogP contribution in [0.3, 0.4) is 0 Å². The Labute approximate surface area is 86.9 Å². The zero-order chi connectivity index (χ0) is 10.1. The second-order valence-electron chi connectivity index (χ2n) is 3.56. The maximum Gasteiger partial charge on any atom is 0.146 e. The molecule has 4 heteroatoms. The third-order valence-electron chi connectivity index (χ3n) is 2.36. The van der Waals surface area contributed by atoms with E-state index in [4.69, 9.17) is 16.7 Å². The molecular formula is C10H11ClFNO. The average Bonchev–Trinajstić information content (AvgIpc) is 2.10. The molecule has 1 aromatic rings. The van der Waals surface area contributed by atoms with Crippen LogP contribution in [0.25, 0.3) is 0 Å². The maximum atomic E-state index is 13.4. The van der Waals surface area contributed by atoms with Crippen LogP contribution in [0, 0.1) is 5.82 Å². The van der Waals surface area contributed by atoms with Crippen molar-refractivity contribution in [1.29, 1.82) is 0 Å². The molecule has 1 fully saturated rings. The highest BCUT2D eigenvalue weighted by atomic mass is 35.5. The topological polar surface area (TPSA) is 23.5 Å². The van der Waals surface area contributed by atoms with Crippen molar-refractivity contribution in [3.05, 3.63) is 34.6 Å². The second kappa shape index (κ2) is 3.85. The maximum absolute atomic E-state index is 13.4. The van der Waals surface area contributed by atoms with E-state index >= 15 is 0 Å². The lowest BCUT2D eigenvalue weighted by Crippen LogP contribution is -2.49. The number of hydrogen-bond acceptors (Lipinski definition) is 2. The zero-order valence-corrected chi connectivity index (χ0v) is 8.34. The first-order chi connectivity index (χ1) is 6.66. The lowest BCUT2D eigenvalue weighted by molar-refractivity contribution is -0.00341. The normalized spacial score (nSPS) is 18.2. The molecule has 0 unspecified atom stereocenters. The van der Waals surface area contributed by atoms with Crippen LogP contribution < -0.4 is 0 Å². The predicted molar refractivity (Wildman–Crippen MR) is 52.7 cm³/mol. The molecule has 0 aliphatic carbocycles. The molecule has 2 rings (SSSR count). The molecule has 2 nitrogen and oxygen atoms in total. The molecular weight excluding hydrogens is 205 g/mol. The van der Waals surface area contributed by atoms with Crippen molar-refractivity contribution in [2.24, 2.45) is 0 Å². The fraction of sp³-hybridized carbons (Fsp3) is 0.400. The molecule has 0 aromatic heterocycles. The van der Waals surface area contributed by atoms with Crippen molar-refractivity contribution >= 4 is 11.6 Å². The van der Waals surface area contributed by atoms with E-state index in [0.717, 1.165) is 0 Å². The van der Waals surface area contributed by atoms with Gasteiger partial charge in [0.25, 0.3) is 0 Å². The fourth-order valence-electron chi connectivity index (χ4n) is 1.58.